The number of carboxylic acid groups (broad SMARTS) is 1. The van der Waals surface area contributed by atoms with E-state index in [0.29, 0.717) is 10.0 Å². The van der Waals surface area contributed by atoms with Gasteiger partial charge in [-0.2, -0.15) is 9.37 Å². The molecule has 0 aliphatic carbocycles. The minimum absolute atomic E-state index is 0.0317. The molecule has 6 nitrogen and oxygen atoms in total. The monoisotopic (exact) mass is 438 g/mol. The molecule has 0 aliphatic heterocycles. The largest absolute Gasteiger partial charge is 0.506 e. The molecule has 0 spiro atoms. The predicted molar refractivity (Wildman–Crippen MR) is 91.0 cm³/mol. The van der Waals surface area contributed by atoms with Gasteiger partial charge in [0, 0.05) is 0 Å². The molecular formula is C14H10BrCl2FN2O4. The SMILES string of the molecule is Cc1cc(Oc2c(Cl)c(F)nc(NCC(=O)O)c2Cl)cc(Br)c1O. The number of aromatic nitrogens is 1. The van der Waals surface area contributed by atoms with Gasteiger partial charge in [-0.15, -0.1) is 0 Å². The van der Waals surface area contributed by atoms with E-state index in [-0.39, 0.29) is 28.1 Å². The fraction of sp³-hybridized carbons (Fsp3) is 0.143. The molecule has 10 heteroatoms. The highest BCUT2D eigenvalue weighted by Crippen LogP contribution is 2.42. The fourth-order valence-corrected chi connectivity index (χ4v) is 2.75. The average Bonchev–Trinajstić information content (AvgIpc) is 2.51. The van der Waals surface area contributed by atoms with Crippen molar-refractivity contribution in [3.8, 4) is 17.2 Å². The first-order valence-corrected chi connectivity index (χ1v) is 7.92. The van der Waals surface area contributed by atoms with Crippen molar-refractivity contribution < 1.29 is 24.1 Å². The van der Waals surface area contributed by atoms with Crippen molar-refractivity contribution >= 4 is 50.9 Å². The number of aliphatic carboxylic acids is 1. The Morgan fingerprint density at radius 2 is 2.08 bits per heavy atom. The number of benzene rings is 1. The minimum Gasteiger partial charge on any atom is -0.506 e. The highest BCUT2D eigenvalue weighted by molar-refractivity contribution is 9.10. The van der Waals surface area contributed by atoms with Crippen LogP contribution in [0.4, 0.5) is 10.2 Å². The number of ether oxygens (including phenoxy) is 1. The lowest BCUT2D eigenvalue weighted by molar-refractivity contribution is -0.134. The number of phenols is 1. The van der Waals surface area contributed by atoms with Crippen LogP contribution in [0.25, 0.3) is 0 Å². The third-order valence-corrected chi connectivity index (χ3v) is 4.13. The summed E-state index contributed by atoms with van der Waals surface area (Å²) in [5.74, 6) is -2.43. The molecule has 0 saturated heterocycles. The van der Waals surface area contributed by atoms with Crippen LogP contribution in [0.3, 0.4) is 0 Å². The second-order valence-electron chi connectivity index (χ2n) is 4.63. The molecule has 0 bridgehead atoms. The van der Waals surface area contributed by atoms with Crippen molar-refractivity contribution in [3.05, 3.63) is 38.2 Å². The molecule has 3 N–H and O–H groups in total. The van der Waals surface area contributed by atoms with Crippen LogP contribution in [0.15, 0.2) is 16.6 Å². The van der Waals surface area contributed by atoms with E-state index in [1.807, 2.05) is 0 Å². The summed E-state index contributed by atoms with van der Waals surface area (Å²) < 4.78 is 19.7. The van der Waals surface area contributed by atoms with E-state index < -0.39 is 23.5 Å². The maximum Gasteiger partial charge on any atom is 0.322 e. The van der Waals surface area contributed by atoms with Gasteiger partial charge in [0.15, 0.2) is 11.6 Å². The lowest BCUT2D eigenvalue weighted by Gasteiger charge is -2.14. The Kier molecular flexibility index (Phi) is 5.74. The number of pyridine rings is 1. The van der Waals surface area contributed by atoms with Crippen LogP contribution in [0.5, 0.6) is 17.2 Å². The second-order valence-corrected chi connectivity index (χ2v) is 6.24. The van der Waals surface area contributed by atoms with Crippen LogP contribution < -0.4 is 10.1 Å². The molecule has 1 heterocycles. The van der Waals surface area contributed by atoms with E-state index in [1.165, 1.54) is 12.1 Å². The third kappa shape index (κ3) is 4.00. The molecule has 24 heavy (non-hydrogen) atoms. The molecule has 1 aromatic heterocycles. The van der Waals surface area contributed by atoms with Crippen molar-refractivity contribution in [1.29, 1.82) is 0 Å². The summed E-state index contributed by atoms with van der Waals surface area (Å²) in [6, 6.07) is 2.94. The van der Waals surface area contributed by atoms with Gasteiger partial charge in [0.05, 0.1) is 4.47 Å². The summed E-state index contributed by atoms with van der Waals surface area (Å²) in [7, 11) is 0. The molecule has 0 saturated carbocycles. The zero-order chi connectivity index (χ0) is 18.0. The molecule has 0 atom stereocenters. The number of carbonyl (C=O) groups is 1. The standard InChI is InChI=1S/C14H10BrCl2FN2O4/c1-5-2-6(3-7(15)11(5)23)24-12-9(16)13(18)20-14(10(12)17)19-4-8(21)22/h2-3,23H,4H2,1H3,(H,19,20)(H,21,22). The topological polar surface area (TPSA) is 91.7 Å². The Labute approximate surface area is 154 Å². The summed E-state index contributed by atoms with van der Waals surface area (Å²) >= 11 is 15.1. The number of anilines is 1. The zero-order valence-corrected chi connectivity index (χ0v) is 15.1. The Bertz CT molecular complexity index is 797. The molecule has 0 amide bonds. The molecule has 0 radical (unpaired) electrons. The molecule has 0 fully saturated rings. The number of rotatable bonds is 5. The number of nitrogens with zero attached hydrogens (tertiary/aromatic N) is 1. The van der Waals surface area contributed by atoms with E-state index in [0.717, 1.165) is 0 Å². The molecule has 0 unspecified atom stereocenters. The average molecular weight is 440 g/mol. The number of nitrogens with one attached hydrogen (secondary N) is 1. The number of aryl methyl sites for hydroxylation is 1. The van der Waals surface area contributed by atoms with Crippen LogP contribution in [0.1, 0.15) is 5.56 Å². The zero-order valence-electron chi connectivity index (χ0n) is 12.0. The van der Waals surface area contributed by atoms with E-state index in [1.54, 1.807) is 6.92 Å². The van der Waals surface area contributed by atoms with Gasteiger partial charge in [0.1, 0.15) is 28.1 Å². The van der Waals surface area contributed by atoms with E-state index in [9.17, 15) is 14.3 Å². The van der Waals surface area contributed by atoms with Gasteiger partial charge in [-0.1, -0.05) is 23.2 Å². The van der Waals surface area contributed by atoms with Gasteiger partial charge in [0.2, 0.25) is 5.95 Å². The second kappa shape index (κ2) is 7.42. The number of hydrogen-bond donors (Lipinski definition) is 3. The van der Waals surface area contributed by atoms with Crippen LogP contribution in [0, 0.1) is 12.9 Å². The third-order valence-electron chi connectivity index (χ3n) is 2.85. The van der Waals surface area contributed by atoms with Gasteiger partial charge < -0.3 is 20.3 Å². The van der Waals surface area contributed by atoms with Gasteiger partial charge in [-0.25, -0.2) is 0 Å². The van der Waals surface area contributed by atoms with Gasteiger partial charge in [-0.05, 0) is 40.5 Å². The summed E-state index contributed by atoms with van der Waals surface area (Å²) in [5.41, 5.74) is 0.505. The minimum atomic E-state index is -1.18. The Balaban J connectivity index is 2.44. The summed E-state index contributed by atoms with van der Waals surface area (Å²) in [6.45, 7) is 1.13. The highest BCUT2D eigenvalue weighted by atomic mass is 79.9. The number of halogens is 4. The smallest absolute Gasteiger partial charge is 0.322 e. The van der Waals surface area contributed by atoms with E-state index >= 15 is 0 Å². The maximum atomic E-state index is 13.9. The summed E-state index contributed by atoms with van der Waals surface area (Å²) in [4.78, 5) is 14.1. The first-order chi connectivity index (χ1) is 11.2. The lowest BCUT2D eigenvalue weighted by Crippen LogP contribution is -2.14. The van der Waals surface area contributed by atoms with Crippen molar-refractivity contribution in [3.63, 3.8) is 0 Å². The predicted octanol–water partition coefficient (Wildman–Crippen LogP) is 4.59. The van der Waals surface area contributed by atoms with Crippen LogP contribution >= 0.6 is 39.1 Å². The van der Waals surface area contributed by atoms with Crippen molar-refractivity contribution in [1.82, 2.24) is 4.98 Å². The van der Waals surface area contributed by atoms with Gasteiger partial charge in [0.25, 0.3) is 0 Å². The first kappa shape index (κ1) is 18.6. The quantitative estimate of drug-likeness (QED) is 0.590. The van der Waals surface area contributed by atoms with Crippen LogP contribution in [-0.4, -0.2) is 27.7 Å². The number of carboxylic acids is 1. The number of phenolic OH excluding ortho intramolecular Hbond substituents is 1. The van der Waals surface area contributed by atoms with Crippen molar-refractivity contribution in [2.45, 2.75) is 6.92 Å². The molecule has 128 valence electrons. The molecule has 0 aliphatic rings. The molecule has 1 aromatic carbocycles. The van der Waals surface area contributed by atoms with Crippen LogP contribution in [0.2, 0.25) is 10.0 Å². The fourth-order valence-electron chi connectivity index (χ4n) is 1.74. The van der Waals surface area contributed by atoms with E-state index in [4.69, 9.17) is 33.0 Å². The molecule has 2 rings (SSSR count). The maximum absolute atomic E-state index is 13.9. The van der Waals surface area contributed by atoms with Crippen molar-refractivity contribution in [2.24, 2.45) is 0 Å². The number of aromatic hydroxyl groups is 1. The molecular weight excluding hydrogens is 430 g/mol. The van der Waals surface area contributed by atoms with Gasteiger partial charge >= 0.3 is 5.97 Å². The Morgan fingerprint density at radius 1 is 1.42 bits per heavy atom. The lowest BCUT2D eigenvalue weighted by atomic mass is 10.2. The Morgan fingerprint density at radius 3 is 2.67 bits per heavy atom. The Hall–Kier alpha value is -1.77. The van der Waals surface area contributed by atoms with Gasteiger partial charge in [-0.3, -0.25) is 4.79 Å². The highest BCUT2D eigenvalue weighted by Gasteiger charge is 2.21. The van der Waals surface area contributed by atoms with E-state index in [2.05, 4.69) is 26.2 Å². The normalized spacial score (nSPS) is 10.5. The molecule has 2 aromatic rings. The first-order valence-electron chi connectivity index (χ1n) is 6.37. The van der Waals surface area contributed by atoms with Crippen molar-refractivity contribution in [2.75, 3.05) is 11.9 Å². The van der Waals surface area contributed by atoms with Crippen LogP contribution in [-0.2, 0) is 4.79 Å². The summed E-state index contributed by atoms with van der Waals surface area (Å²) in [5, 5.41) is 20.1. The summed E-state index contributed by atoms with van der Waals surface area (Å²) in [6.07, 6.45) is 0. The number of hydrogen-bond acceptors (Lipinski definition) is 5.